The zero-order valence-electron chi connectivity index (χ0n) is 15.9. The molecule has 4 N–H and O–H groups in total. The topological polar surface area (TPSA) is 61.9 Å². The molecule has 1 aromatic carbocycles. The lowest BCUT2D eigenvalue weighted by molar-refractivity contribution is 0.275. The molecule has 0 aromatic heterocycles. The van der Waals surface area contributed by atoms with Gasteiger partial charge in [-0.3, -0.25) is 0 Å². The highest BCUT2D eigenvalue weighted by Crippen LogP contribution is 2.29. The summed E-state index contributed by atoms with van der Waals surface area (Å²) in [6.45, 7) is 13.6. The van der Waals surface area contributed by atoms with Gasteiger partial charge in [0.05, 0.1) is 0 Å². The van der Waals surface area contributed by atoms with Crippen molar-refractivity contribution in [2.24, 2.45) is 5.73 Å². The van der Waals surface area contributed by atoms with E-state index in [1.807, 2.05) is 12.1 Å². The van der Waals surface area contributed by atoms with E-state index < -0.39 is 5.67 Å². The van der Waals surface area contributed by atoms with E-state index in [9.17, 15) is 4.39 Å². The molecule has 0 spiro atoms. The first-order valence-corrected chi connectivity index (χ1v) is 8.46. The second-order valence-corrected chi connectivity index (χ2v) is 7.04. The molecule has 0 atom stereocenters. The highest BCUT2D eigenvalue weighted by Gasteiger charge is 2.20. The van der Waals surface area contributed by atoms with Crippen molar-refractivity contribution in [3.05, 3.63) is 64.9 Å². The average molecular weight is 343 g/mol. The maximum Gasteiger partial charge on any atom is 0.129 e. The molecular weight excluding hydrogens is 313 g/mol. The molecule has 1 aromatic rings. The number of benzene rings is 1. The Balaban J connectivity index is 3.39. The second-order valence-electron chi connectivity index (χ2n) is 7.04. The lowest BCUT2D eigenvalue weighted by Crippen LogP contribution is -2.20. The van der Waals surface area contributed by atoms with Gasteiger partial charge in [-0.25, -0.2) is 4.39 Å². The molecule has 0 saturated carbocycles. The van der Waals surface area contributed by atoms with E-state index in [0.29, 0.717) is 23.6 Å². The molecule has 4 heteroatoms. The average Bonchev–Trinajstić information content (AvgIpc) is 2.53. The Kier molecular flexibility index (Phi) is 7.16. The predicted molar refractivity (Wildman–Crippen MR) is 107 cm³/mol. The van der Waals surface area contributed by atoms with Crippen molar-refractivity contribution in [1.29, 1.82) is 5.41 Å². The smallest absolute Gasteiger partial charge is 0.129 e. The first kappa shape index (κ1) is 20.7. The van der Waals surface area contributed by atoms with Crippen LogP contribution in [0, 0.1) is 12.3 Å². The number of aryl methyl sites for hydroxylation is 1. The van der Waals surface area contributed by atoms with E-state index >= 15 is 0 Å². The zero-order valence-corrected chi connectivity index (χ0v) is 15.9. The summed E-state index contributed by atoms with van der Waals surface area (Å²) in [5, 5.41) is 10.7. The molecule has 0 aliphatic carbocycles. The molecule has 0 bridgehead atoms. The van der Waals surface area contributed by atoms with Gasteiger partial charge in [0.2, 0.25) is 0 Å². The van der Waals surface area contributed by atoms with Crippen LogP contribution in [0.5, 0.6) is 0 Å². The third-order valence-corrected chi connectivity index (χ3v) is 4.08. The van der Waals surface area contributed by atoms with Gasteiger partial charge in [0.15, 0.2) is 0 Å². The van der Waals surface area contributed by atoms with Gasteiger partial charge in [0, 0.05) is 35.8 Å². The highest BCUT2D eigenvalue weighted by atomic mass is 19.1. The number of hydrogen-bond donors (Lipinski definition) is 3. The summed E-state index contributed by atoms with van der Waals surface area (Å²) in [4.78, 5) is 0. The molecule has 0 fully saturated rings. The fourth-order valence-corrected chi connectivity index (χ4v) is 2.33. The van der Waals surface area contributed by atoms with E-state index in [1.54, 1.807) is 6.08 Å². The molecule has 0 aliphatic rings. The summed E-state index contributed by atoms with van der Waals surface area (Å²) in [6, 6.07) is 6.23. The normalized spacial score (nSPS) is 13.1. The summed E-state index contributed by atoms with van der Waals surface area (Å²) in [5.41, 5.74) is 9.19. The van der Waals surface area contributed by atoms with E-state index in [2.05, 4.69) is 38.7 Å². The second kappa shape index (κ2) is 8.65. The first-order chi connectivity index (χ1) is 11.6. The molecule has 0 unspecified atom stereocenters. The minimum Gasteiger partial charge on any atom is -0.404 e. The number of hydrogen-bond acceptors (Lipinski definition) is 3. The Labute approximate surface area is 151 Å². The van der Waals surface area contributed by atoms with Crippen LogP contribution < -0.4 is 11.1 Å². The molecule has 136 valence electrons. The summed E-state index contributed by atoms with van der Waals surface area (Å²) >= 11 is 0. The van der Waals surface area contributed by atoms with Gasteiger partial charge in [-0.1, -0.05) is 44.2 Å². The fourth-order valence-electron chi connectivity index (χ4n) is 2.33. The van der Waals surface area contributed by atoms with Gasteiger partial charge in [-0.2, -0.15) is 0 Å². The molecule has 25 heavy (non-hydrogen) atoms. The van der Waals surface area contributed by atoms with Crippen molar-refractivity contribution in [3.8, 4) is 0 Å². The van der Waals surface area contributed by atoms with Crippen molar-refractivity contribution in [2.75, 3.05) is 6.54 Å². The predicted octanol–water partition coefficient (Wildman–Crippen LogP) is 4.85. The minimum absolute atomic E-state index is 0.319. The molecule has 0 aliphatic heterocycles. The van der Waals surface area contributed by atoms with Gasteiger partial charge in [-0.05, 0) is 43.9 Å². The largest absolute Gasteiger partial charge is 0.404 e. The molecule has 1 rings (SSSR count). The Morgan fingerprint density at radius 1 is 1.40 bits per heavy atom. The quantitative estimate of drug-likeness (QED) is 0.467. The number of rotatable bonds is 8. The molecular formula is C21H30FN3. The summed E-state index contributed by atoms with van der Waals surface area (Å²) in [5.74, 6) is 0.319. The molecule has 0 saturated heterocycles. The summed E-state index contributed by atoms with van der Waals surface area (Å²) < 4.78 is 14.3. The van der Waals surface area contributed by atoms with Crippen LogP contribution in [-0.2, 0) is 0 Å². The Morgan fingerprint density at radius 3 is 2.52 bits per heavy atom. The van der Waals surface area contributed by atoms with Crippen LogP contribution in [0.1, 0.15) is 50.3 Å². The first-order valence-electron chi connectivity index (χ1n) is 8.46. The van der Waals surface area contributed by atoms with Gasteiger partial charge in [0.25, 0.3) is 0 Å². The van der Waals surface area contributed by atoms with Crippen LogP contribution in [0.4, 0.5) is 4.39 Å². The van der Waals surface area contributed by atoms with Crippen molar-refractivity contribution in [3.63, 3.8) is 0 Å². The minimum atomic E-state index is -1.51. The Hall–Kier alpha value is -2.36. The standard InChI is InChI=1S/C21H30FN3/c1-14(2)19-9-15(3)7-8-18(19)20(10-16(4)21(5,6)22)25-13-17(11-23)12-24/h7-12,14,23,25H,4,13,24H2,1-3,5-6H3/b17-12+,20-10-,23-11?. The van der Waals surface area contributed by atoms with Crippen molar-refractivity contribution in [1.82, 2.24) is 5.32 Å². The number of nitrogens with one attached hydrogen (secondary N) is 2. The number of allylic oxidation sites excluding steroid dienone is 2. The molecule has 0 heterocycles. The molecule has 0 amide bonds. The number of nitrogens with two attached hydrogens (primary N) is 1. The third-order valence-electron chi connectivity index (χ3n) is 4.08. The lowest BCUT2D eigenvalue weighted by Gasteiger charge is -2.21. The van der Waals surface area contributed by atoms with Crippen LogP contribution in [0.2, 0.25) is 0 Å². The van der Waals surface area contributed by atoms with Crippen LogP contribution >= 0.6 is 0 Å². The third kappa shape index (κ3) is 5.89. The maximum atomic E-state index is 14.3. The van der Waals surface area contributed by atoms with Crippen molar-refractivity contribution in [2.45, 2.75) is 46.2 Å². The van der Waals surface area contributed by atoms with Gasteiger partial charge < -0.3 is 16.5 Å². The summed E-state index contributed by atoms with van der Waals surface area (Å²) in [7, 11) is 0. The van der Waals surface area contributed by atoms with E-state index in [-0.39, 0.29) is 0 Å². The monoisotopic (exact) mass is 343 g/mol. The van der Waals surface area contributed by atoms with Crippen LogP contribution in [-0.4, -0.2) is 18.4 Å². The van der Waals surface area contributed by atoms with Crippen LogP contribution in [0.3, 0.4) is 0 Å². The zero-order chi connectivity index (χ0) is 19.2. The van der Waals surface area contributed by atoms with Crippen LogP contribution in [0.15, 0.2) is 48.2 Å². The van der Waals surface area contributed by atoms with Crippen molar-refractivity contribution < 1.29 is 4.39 Å². The number of halogens is 1. The summed E-state index contributed by atoms with van der Waals surface area (Å²) in [6.07, 6.45) is 4.34. The van der Waals surface area contributed by atoms with Gasteiger partial charge in [0.1, 0.15) is 5.67 Å². The SMILES string of the molecule is C=C(/C=C(\NC/C(C=N)=C/N)c1ccc(C)cc1C(C)C)C(C)(C)F. The van der Waals surface area contributed by atoms with Crippen LogP contribution in [0.25, 0.3) is 5.70 Å². The van der Waals surface area contributed by atoms with Gasteiger partial charge >= 0.3 is 0 Å². The highest BCUT2D eigenvalue weighted by molar-refractivity contribution is 5.77. The van der Waals surface area contributed by atoms with E-state index in [1.165, 1.54) is 37.4 Å². The van der Waals surface area contributed by atoms with E-state index in [0.717, 1.165) is 11.3 Å². The number of alkyl halides is 1. The Bertz CT molecular complexity index is 692. The Morgan fingerprint density at radius 2 is 2.04 bits per heavy atom. The maximum absolute atomic E-state index is 14.3. The molecule has 0 radical (unpaired) electrons. The van der Waals surface area contributed by atoms with Gasteiger partial charge in [-0.15, -0.1) is 0 Å². The van der Waals surface area contributed by atoms with Crippen molar-refractivity contribution >= 4 is 11.9 Å². The van der Waals surface area contributed by atoms with E-state index in [4.69, 9.17) is 11.1 Å². The molecule has 3 nitrogen and oxygen atoms in total. The fraction of sp³-hybridized carbons (Fsp3) is 0.381. The lowest BCUT2D eigenvalue weighted by atomic mass is 9.91.